The minimum atomic E-state index is 0.266. The molecule has 0 amide bonds. The van der Waals surface area contributed by atoms with E-state index < -0.39 is 0 Å². The molecule has 0 aromatic heterocycles. The summed E-state index contributed by atoms with van der Waals surface area (Å²) in [6.07, 6.45) is 5.45. The Balaban J connectivity index is 1.71. The molecule has 2 N–H and O–H groups in total. The first-order chi connectivity index (χ1) is 9.36. The zero-order valence-corrected chi connectivity index (χ0v) is 13.9. The molecule has 3 heteroatoms. The van der Waals surface area contributed by atoms with Crippen LogP contribution in [0.4, 0.5) is 0 Å². The molecule has 0 aromatic rings. The first-order valence-corrected chi connectivity index (χ1v) is 8.56. The van der Waals surface area contributed by atoms with Crippen LogP contribution in [-0.4, -0.2) is 53.6 Å². The molecule has 2 saturated heterocycles. The summed E-state index contributed by atoms with van der Waals surface area (Å²) >= 11 is 0. The number of hydrogen-bond acceptors (Lipinski definition) is 3. The highest BCUT2D eigenvalue weighted by atomic mass is 15.3. The Labute approximate surface area is 124 Å². The van der Waals surface area contributed by atoms with Gasteiger partial charge in [0.15, 0.2) is 0 Å². The van der Waals surface area contributed by atoms with Gasteiger partial charge in [-0.05, 0) is 50.5 Å². The van der Waals surface area contributed by atoms with E-state index in [1.54, 1.807) is 0 Å². The molecule has 0 radical (unpaired) electrons. The molecule has 3 nitrogen and oxygen atoms in total. The van der Waals surface area contributed by atoms with Crippen LogP contribution in [0, 0.1) is 11.3 Å². The molecule has 1 aliphatic carbocycles. The second kappa shape index (κ2) is 4.96. The zero-order chi connectivity index (χ0) is 14.5. The molecule has 116 valence electrons. The van der Waals surface area contributed by atoms with Gasteiger partial charge in [-0.3, -0.25) is 9.80 Å². The van der Waals surface area contributed by atoms with Crippen LogP contribution in [0.3, 0.4) is 0 Å². The van der Waals surface area contributed by atoms with E-state index in [1.165, 1.54) is 45.3 Å². The predicted octanol–water partition coefficient (Wildman–Crippen LogP) is 2.31. The maximum atomic E-state index is 6.28. The number of hydrogen-bond donors (Lipinski definition) is 1. The largest absolute Gasteiger partial charge is 0.329 e. The molecule has 3 unspecified atom stereocenters. The SMILES string of the molecule is CC1CC(CN)(N2CCC(C(C)(C)C)C2)CN1C1CC1. The zero-order valence-electron chi connectivity index (χ0n) is 13.9. The average Bonchev–Trinajstić information content (AvgIpc) is 2.96. The highest BCUT2D eigenvalue weighted by Gasteiger charge is 2.51. The van der Waals surface area contributed by atoms with E-state index in [4.69, 9.17) is 5.73 Å². The molecule has 1 saturated carbocycles. The van der Waals surface area contributed by atoms with Crippen molar-refractivity contribution in [1.29, 1.82) is 0 Å². The number of likely N-dealkylation sites (tertiary alicyclic amines) is 2. The summed E-state index contributed by atoms with van der Waals surface area (Å²) in [4.78, 5) is 5.50. The Morgan fingerprint density at radius 1 is 1.20 bits per heavy atom. The van der Waals surface area contributed by atoms with Crippen molar-refractivity contribution in [2.24, 2.45) is 17.1 Å². The number of nitrogens with two attached hydrogens (primary N) is 1. The number of nitrogens with zero attached hydrogens (tertiary/aromatic N) is 2. The fraction of sp³-hybridized carbons (Fsp3) is 1.00. The van der Waals surface area contributed by atoms with E-state index in [2.05, 4.69) is 37.5 Å². The summed E-state index contributed by atoms with van der Waals surface area (Å²) in [7, 11) is 0. The summed E-state index contributed by atoms with van der Waals surface area (Å²) < 4.78 is 0. The van der Waals surface area contributed by atoms with Crippen LogP contribution >= 0.6 is 0 Å². The van der Waals surface area contributed by atoms with Gasteiger partial charge in [-0.2, -0.15) is 0 Å². The molecule has 0 aromatic carbocycles. The summed E-state index contributed by atoms with van der Waals surface area (Å²) in [5.74, 6) is 0.830. The molecule has 20 heavy (non-hydrogen) atoms. The lowest BCUT2D eigenvalue weighted by atomic mass is 9.80. The highest BCUT2D eigenvalue weighted by molar-refractivity contribution is 5.08. The lowest BCUT2D eigenvalue weighted by Crippen LogP contribution is -2.55. The van der Waals surface area contributed by atoms with Crippen molar-refractivity contribution in [3.63, 3.8) is 0 Å². The molecule has 0 spiro atoms. The summed E-state index contributed by atoms with van der Waals surface area (Å²) in [5, 5.41) is 0. The van der Waals surface area contributed by atoms with Crippen molar-refractivity contribution in [1.82, 2.24) is 9.80 Å². The van der Waals surface area contributed by atoms with E-state index in [9.17, 15) is 0 Å². The molecule has 3 fully saturated rings. The quantitative estimate of drug-likeness (QED) is 0.860. The molecular formula is C17H33N3. The van der Waals surface area contributed by atoms with Crippen molar-refractivity contribution < 1.29 is 0 Å². The van der Waals surface area contributed by atoms with Gasteiger partial charge in [0, 0.05) is 37.3 Å². The molecule has 3 aliphatic rings. The number of rotatable bonds is 3. The topological polar surface area (TPSA) is 32.5 Å². The summed E-state index contributed by atoms with van der Waals surface area (Å²) in [6, 6.07) is 1.60. The van der Waals surface area contributed by atoms with Gasteiger partial charge >= 0.3 is 0 Å². The third-order valence-electron chi connectivity index (χ3n) is 6.20. The van der Waals surface area contributed by atoms with Crippen molar-refractivity contribution >= 4 is 0 Å². The Morgan fingerprint density at radius 3 is 2.40 bits per heavy atom. The van der Waals surface area contributed by atoms with E-state index in [0.29, 0.717) is 5.41 Å². The highest BCUT2D eigenvalue weighted by Crippen LogP contribution is 2.43. The van der Waals surface area contributed by atoms with Crippen molar-refractivity contribution in [2.45, 2.75) is 71.0 Å². The second-order valence-electron chi connectivity index (χ2n) is 8.68. The normalized spacial score (nSPS) is 40.6. The van der Waals surface area contributed by atoms with Crippen molar-refractivity contribution in [3.05, 3.63) is 0 Å². The Hall–Kier alpha value is -0.120. The van der Waals surface area contributed by atoms with Crippen molar-refractivity contribution in [3.8, 4) is 0 Å². The fourth-order valence-corrected chi connectivity index (χ4v) is 4.53. The van der Waals surface area contributed by atoms with E-state index >= 15 is 0 Å². The molecule has 3 rings (SSSR count). The van der Waals surface area contributed by atoms with Gasteiger partial charge in [-0.1, -0.05) is 20.8 Å². The maximum Gasteiger partial charge on any atom is 0.0473 e. The van der Waals surface area contributed by atoms with Crippen LogP contribution in [0.2, 0.25) is 0 Å². The Bertz CT molecular complexity index is 358. The van der Waals surface area contributed by atoms with Crippen LogP contribution in [0.1, 0.15) is 53.4 Å². The van der Waals surface area contributed by atoms with Crippen LogP contribution in [-0.2, 0) is 0 Å². The lowest BCUT2D eigenvalue weighted by molar-refractivity contribution is 0.110. The van der Waals surface area contributed by atoms with Gasteiger partial charge in [-0.15, -0.1) is 0 Å². The molecule has 2 heterocycles. The summed E-state index contributed by atoms with van der Waals surface area (Å²) in [6.45, 7) is 14.1. The average molecular weight is 279 g/mol. The maximum absolute atomic E-state index is 6.28. The molecule has 3 atom stereocenters. The Morgan fingerprint density at radius 2 is 1.90 bits per heavy atom. The summed E-state index contributed by atoms with van der Waals surface area (Å²) in [5.41, 5.74) is 6.98. The van der Waals surface area contributed by atoms with Gasteiger partial charge in [0.05, 0.1) is 0 Å². The van der Waals surface area contributed by atoms with Gasteiger partial charge in [0.1, 0.15) is 0 Å². The first kappa shape index (κ1) is 14.8. The molecular weight excluding hydrogens is 246 g/mol. The third kappa shape index (κ3) is 2.53. The smallest absolute Gasteiger partial charge is 0.0473 e. The minimum Gasteiger partial charge on any atom is -0.329 e. The van der Waals surface area contributed by atoms with E-state index in [1.807, 2.05) is 0 Å². The van der Waals surface area contributed by atoms with Gasteiger partial charge in [-0.25, -0.2) is 0 Å². The molecule has 2 aliphatic heterocycles. The Kier molecular flexibility index (Phi) is 3.67. The third-order valence-corrected chi connectivity index (χ3v) is 6.20. The van der Waals surface area contributed by atoms with Crippen LogP contribution in [0.15, 0.2) is 0 Å². The van der Waals surface area contributed by atoms with Crippen LogP contribution < -0.4 is 5.73 Å². The van der Waals surface area contributed by atoms with Gasteiger partial charge in [0.25, 0.3) is 0 Å². The second-order valence-corrected chi connectivity index (χ2v) is 8.68. The van der Waals surface area contributed by atoms with Crippen LogP contribution in [0.5, 0.6) is 0 Å². The van der Waals surface area contributed by atoms with Crippen molar-refractivity contribution in [2.75, 3.05) is 26.2 Å². The van der Waals surface area contributed by atoms with E-state index in [0.717, 1.165) is 24.5 Å². The predicted molar refractivity (Wildman–Crippen MR) is 84.7 cm³/mol. The fourth-order valence-electron chi connectivity index (χ4n) is 4.53. The minimum absolute atomic E-state index is 0.266. The van der Waals surface area contributed by atoms with Crippen LogP contribution in [0.25, 0.3) is 0 Å². The standard InChI is InChI=1S/C17H33N3/c1-13-9-17(11-18,12-20(13)15-5-6-15)19-8-7-14(10-19)16(2,3)4/h13-15H,5-12,18H2,1-4H3. The lowest BCUT2D eigenvalue weighted by Gasteiger charge is -2.39. The first-order valence-electron chi connectivity index (χ1n) is 8.56. The van der Waals surface area contributed by atoms with Gasteiger partial charge < -0.3 is 5.73 Å². The monoisotopic (exact) mass is 279 g/mol. The van der Waals surface area contributed by atoms with Gasteiger partial charge in [0.2, 0.25) is 0 Å². The molecule has 0 bridgehead atoms. The van der Waals surface area contributed by atoms with E-state index in [-0.39, 0.29) is 5.54 Å².